The van der Waals surface area contributed by atoms with Gasteiger partial charge in [-0.2, -0.15) is 5.26 Å². The Morgan fingerprint density at radius 3 is 2.71 bits per heavy atom. The van der Waals surface area contributed by atoms with Crippen LogP contribution < -0.4 is 16.0 Å². The number of aromatic nitrogens is 6. The number of rotatable bonds is 15. The monoisotopic (exact) mass is 696 g/mol. The number of hydrogen-bond donors (Lipinski definition) is 3. The zero-order chi connectivity index (χ0) is 34.6. The van der Waals surface area contributed by atoms with Crippen molar-refractivity contribution < 1.29 is 23.7 Å². The molecule has 4 heterocycles. The number of pyridine rings is 2. The maximum absolute atomic E-state index is 11.5. The third kappa shape index (κ3) is 10.4. The molecule has 0 amide bonds. The first-order chi connectivity index (χ1) is 23.8. The molecule has 264 valence electrons. The highest BCUT2D eigenvalue weighted by molar-refractivity contribution is 6.33. The van der Waals surface area contributed by atoms with Crippen molar-refractivity contribution >= 4 is 29.4 Å². The van der Waals surface area contributed by atoms with Gasteiger partial charge in [0, 0.05) is 49.6 Å². The fraction of sp³-hybridized carbons (Fsp3) is 0.606. The standard InChI is InChI=1S/C33H45ClN10O5/c1-4-48-32(45)49-23(3)44-42-31(41-43-44)19-47-18-22(2)38-24-8-10-25(11-9-24)39-30-16-26(27(34)17-36-30)28-6-5-7-29(40-28)37-21-33(20-35)12-14-46-15-13-33/h5-7,16-17,22-25,38H,4,8-15,18-19,21H2,1-3H3,(H,36,39)(H,37,40)/t22-,23-,24?,25?/m1/s1. The lowest BCUT2D eigenvalue weighted by Gasteiger charge is -2.32. The first-order valence-corrected chi connectivity index (χ1v) is 17.2. The quantitative estimate of drug-likeness (QED) is 0.178. The van der Waals surface area contributed by atoms with Gasteiger partial charge in [0.2, 0.25) is 12.1 Å². The van der Waals surface area contributed by atoms with E-state index in [1.54, 1.807) is 20.0 Å². The van der Waals surface area contributed by atoms with E-state index in [9.17, 15) is 10.1 Å². The first kappa shape index (κ1) is 36.2. The second-order valence-corrected chi connectivity index (χ2v) is 12.9. The predicted molar refractivity (Wildman–Crippen MR) is 182 cm³/mol. The minimum absolute atomic E-state index is 0.135. The lowest BCUT2D eigenvalue weighted by Crippen LogP contribution is -2.43. The number of nitriles is 1. The molecule has 3 aromatic heterocycles. The van der Waals surface area contributed by atoms with Gasteiger partial charge in [-0.1, -0.05) is 17.7 Å². The summed E-state index contributed by atoms with van der Waals surface area (Å²) < 4.78 is 21.1. The van der Waals surface area contributed by atoms with Crippen molar-refractivity contribution in [3.05, 3.63) is 41.3 Å². The third-order valence-corrected chi connectivity index (χ3v) is 9.00. The summed E-state index contributed by atoms with van der Waals surface area (Å²) in [7, 11) is 0. The predicted octanol–water partition coefficient (Wildman–Crippen LogP) is 5.13. The fourth-order valence-electron chi connectivity index (χ4n) is 5.94. The summed E-state index contributed by atoms with van der Waals surface area (Å²) in [6, 6.07) is 11.0. The van der Waals surface area contributed by atoms with Gasteiger partial charge in [-0.25, -0.2) is 14.8 Å². The molecule has 2 atom stereocenters. The molecule has 0 bridgehead atoms. The van der Waals surface area contributed by atoms with Crippen LogP contribution in [0.25, 0.3) is 11.3 Å². The first-order valence-electron chi connectivity index (χ1n) is 16.8. The lowest BCUT2D eigenvalue weighted by atomic mass is 9.82. The van der Waals surface area contributed by atoms with Crippen LogP contribution >= 0.6 is 11.6 Å². The van der Waals surface area contributed by atoms with Crippen molar-refractivity contribution in [3.63, 3.8) is 0 Å². The molecule has 3 aromatic rings. The van der Waals surface area contributed by atoms with Crippen LogP contribution in [0.2, 0.25) is 5.02 Å². The molecule has 49 heavy (non-hydrogen) atoms. The van der Waals surface area contributed by atoms with E-state index in [0.29, 0.717) is 61.9 Å². The number of ether oxygens (including phenoxy) is 4. The van der Waals surface area contributed by atoms with E-state index in [0.717, 1.165) is 42.8 Å². The lowest BCUT2D eigenvalue weighted by molar-refractivity contribution is -0.00552. The summed E-state index contributed by atoms with van der Waals surface area (Å²) in [5.74, 6) is 1.86. The molecule has 0 spiro atoms. The van der Waals surface area contributed by atoms with Crippen molar-refractivity contribution in [3.8, 4) is 17.3 Å². The molecular weight excluding hydrogens is 652 g/mol. The molecule has 15 nitrogen and oxygen atoms in total. The van der Waals surface area contributed by atoms with Gasteiger partial charge in [-0.3, -0.25) is 0 Å². The Morgan fingerprint density at radius 2 is 1.96 bits per heavy atom. The Morgan fingerprint density at radius 1 is 1.18 bits per heavy atom. The second-order valence-electron chi connectivity index (χ2n) is 12.5. The highest BCUT2D eigenvalue weighted by Gasteiger charge is 2.32. The Balaban J connectivity index is 1.04. The number of nitrogens with zero attached hydrogens (tertiary/aromatic N) is 7. The number of hydrogen-bond acceptors (Lipinski definition) is 14. The van der Waals surface area contributed by atoms with Gasteiger partial charge >= 0.3 is 6.16 Å². The van der Waals surface area contributed by atoms with Crippen molar-refractivity contribution in [2.75, 3.05) is 43.6 Å². The van der Waals surface area contributed by atoms with E-state index in [-0.39, 0.29) is 25.3 Å². The van der Waals surface area contributed by atoms with Gasteiger partial charge < -0.3 is 34.9 Å². The average Bonchev–Trinajstić information content (AvgIpc) is 3.59. The Kier molecular flexibility index (Phi) is 12.9. The van der Waals surface area contributed by atoms with Gasteiger partial charge in [0.15, 0.2) is 0 Å². The van der Waals surface area contributed by atoms with E-state index in [2.05, 4.69) is 49.3 Å². The van der Waals surface area contributed by atoms with Crippen LogP contribution in [0.15, 0.2) is 30.5 Å². The highest BCUT2D eigenvalue weighted by Crippen LogP contribution is 2.32. The molecular formula is C33H45ClN10O5. The van der Waals surface area contributed by atoms with Crippen molar-refractivity contribution in [1.29, 1.82) is 5.26 Å². The van der Waals surface area contributed by atoms with Crippen molar-refractivity contribution in [2.45, 2.75) is 90.3 Å². The number of tetrazole rings is 1. The number of anilines is 2. The molecule has 1 aliphatic heterocycles. The second kappa shape index (κ2) is 17.5. The van der Waals surface area contributed by atoms with E-state index in [1.165, 1.54) is 4.80 Å². The third-order valence-electron chi connectivity index (χ3n) is 8.70. The number of nitrogens with one attached hydrogen (secondary N) is 3. The van der Waals surface area contributed by atoms with Gasteiger partial charge in [0.25, 0.3) is 0 Å². The number of carbonyl (C=O) groups is 1. The molecule has 0 unspecified atom stereocenters. The molecule has 1 aliphatic carbocycles. The van der Waals surface area contributed by atoms with Gasteiger partial charge in [-0.05, 0) is 82.7 Å². The minimum Gasteiger partial charge on any atom is -0.435 e. The maximum atomic E-state index is 11.5. The Hall–Kier alpha value is -4.10. The maximum Gasteiger partial charge on any atom is 0.510 e. The van der Waals surface area contributed by atoms with E-state index in [1.807, 2.05) is 24.3 Å². The van der Waals surface area contributed by atoms with Gasteiger partial charge in [-0.15, -0.1) is 15.0 Å². The molecule has 1 saturated heterocycles. The summed E-state index contributed by atoms with van der Waals surface area (Å²) in [6.07, 6.45) is 5.56. The Labute approximate surface area is 291 Å². The van der Waals surface area contributed by atoms with Crippen LogP contribution in [0.1, 0.15) is 71.3 Å². The molecule has 5 rings (SSSR count). The minimum atomic E-state index is -0.785. The smallest absolute Gasteiger partial charge is 0.435 e. The summed E-state index contributed by atoms with van der Waals surface area (Å²) >= 11 is 6.59. The molecule has 3 N–H and O–H groups in total. The van der Waals surface area contributed by atoms with Crippen LogP contribution in [0.3, 0.4) is 0 Å². The van der Waals surface area contributed by atoms with Crippen LogP contribution in [0, 0.1) is 16.7 Å². The van der Waals surface area contributed by atoms with E-state index < -0.39 is 17.8 Å². The van der Waals surface area contributed by atoms with Crippen molar-refractivity contribution in [1.82, 2.24) is 35.5 Å². The number of carbonyl (C=O) groups excluding carboxylic acids is 1. The van der Waals surface area contributed by atoms with Crippen molar-refractivity contribution in [2.24, 2.45) is 5.41 Å². The van der Waals surface area contributed by atoms with Gasteiger partial charge in [0.1, 0.15) is 18.2 Å². The largest absolute Gasteiger partial charge is 0.510 e. The molecule has 0 aromatic carbocycles. The van der Waals surface area contributed by atoms with Gasteiger partial charge in [0.05, 0.1) is 35.4 Å². The molecule has 2 aliphatic rings. The highest BCUT2D eigenvalue weighted by atomic mass is 35.5. The van der Waals surface area contributed by atoms with E-state index >= 15 is 0 Å². The average molecular weight is 697 g/mol. The molecule has 16 heteroatoms. The SMILES string of the molecule is CCOC(=O)O[C@H](C)n1nnc(COC[C@@H](C)NC2CCC(Nc3cc(-c4cccc(NCC5(C#N)CCOCC5)n4)c(Cl)cn3)CC2)n1. The van der Waals surface area contributed by atoms with Crippen LogP contribution in [0.5, 0.6) is 0 Å². The topological polar surface area (TPSA) is 183 Å². The zero-order valence-electron chi connectivity index (χ0n) is 28.2. The van der Waals surface area contributed by atoms with E-state index in [4.69, 9.17) is 35.5 Å². The van der Waals surface area contributed by atoms with Crippen LogP contribution in [-0.4, -0.2) is 87.4 Å². The Bertz CT molecular complexity index is 1550. The summed E-state index contributed by atoms with van der Waals surface area (Å²) in [4.78, 5) is 22.1. The summed E-state index contributed by atoms with van der Waals surface area (Å²) in [5.41, 5.74) is 1.08. The number of halogens is 1. The van der Waals surface area contributed by atoms with Crippen LogP contribution in [0.4, 0.5) is 16.4 Å². The molecule has 0 radical (unpaired) electrons. The summed E-state index contributed by atoms with van der Waals surface area (Å²) in [6.45, 7) is 8.03. The zero-order valence-corrected chi connectivity index (χ0v) is 29.0. The molecule has 1 saturated carbocycles. The molecule has 2 fully saturated rings. The normalized spacial score (nSPS) is 20.1. The van der Waals surface area contributed by atoms with Crippen LogP contribution in [-0.2, 0) is 25.6 Å². The fourth-order valence-corrected chi connectivity index (χ4v) is 6.14. The summed E-state index contributed by atoms with van der Waals surface area (Å²) in [5, 5.41) is 33.1.